The van der Waals surface area contributed by atoms with Gasteiger partial charge in [-0.15, -0.1) is 11.3 Å². The van der Waals surface area contributed by atoms with Crippen LogP contribution in [-0.4, -0.2) is 20.0 Å². The molecule has 1 aromatic heterocycles. The zero-order valence-corrected chi connectivity index (χ0v) is 14.9. The van der Waals surface area contributed by atoms with Crippen LogP contribution in [-0.2, 0) is 9.84 Å². The highest BCUT2D eigenvalue weighted by atomic mass is 79.9. The zero-order chi connectivity index (χ0) is 15.8. The number of Topliss-reactive ketones (excluding diaryl/α,β-unsaturated/α-hetero) is 1. The molecular formula is C12H6Br2F2O3S2. The number of hydrogen-bond acceptors (Lipinski definition) is 4. The second-order valence-electron chi connectivity index (χ2n) is 3.99. The third kappa shape index (κ3) is 3.77. The normalized spacial score (nSPS) is 11.6. The summed E-state index contributed by atoms with van der Waals surface area (Å²) in [6, 6.07) is 3.59. The van der Waals surface area contributed by atoms with Gasteiger partial charge in [0.05, 0.1) is 7.57 Å². The molecule has 3 nitrogen and oxygen atoms in total. The summed E-state index contributed by atoms with van der Waals surface area (Å²) >= 11 is 7.55. The van der Waals surface area contributed by atoms with Gasteiger partial charge in [0, 0.05) is 11.6 Å². The molecule has 0 fully saturated rings. The van der Waals surface area contributed by atoms with Crippen molar-refractivity contribution < 1.29 is 22.0 Å². The number of carbonyl (C=O) groups is 1. The van der Waals surface area contributed by atoms with E-state index in [1.54, 1.807) is 0 Å². The molecule has 9 heteroatoms. The van der Waals surface area contributed by atoms with E-state index in [0.717, 1.165) is 12.1 Å². The van der Waals surface area contributed by atoms with Crippen LogP contribution in [0, 0.1) is 11.6 Å². The summed E-state index contributed by atoms with van der Waals surface area (Å²) in [4.78, 5) is 11.3. The van der Waals surface area contributed by atoms with Crippen LogP contribution in [0.4, 0.5) is 8.78 Å². The minimum atomic E-state index is -4.19. The molecule has 0 aliphatic heterocycles. The van der Waals surface area contributed by atoms with Crippen molar-refractivity contribution in [2.24, 2.45) is 0 Å². The molecule has 0 amide bonds. The van der Waals surface area contributed by atoms with Crippen LogP contribution in [0.1, 0.15) is 10.4 Å². The highest BCUT2D eigenvalue weighted by molar-refractivity contribution is 9.12. The summed E-state index contributed by atoms with van der Waals surface area (Å²) in [5.74, 6) is -3.67. The van der Waals surface area contributed by atoms with Crippen LogP contribution >= 0.6 is 43.2 Å². The highest BCUT2D eigenvalue weighted by Crippen LogP contribution is 2.32. The molecule has 0 saturated carbocycles. The van der Waals surface area contributed by atoms with Gasteiger partial charge in [-0.25, -0.2) is 17.2 Å². The van der Waals surface area contributed by atoms with Gasteiger partial charge in [-0.05, 0) is 50.1 Å². The number of halogens is 4. The van der Waals surface area contributed by atoms with Crippen molar-refractivity contribution in [3.05, 3.63) is 49.0 Å². The average Bonchev–Trinajstić information content (AvgIpc) is 2.67. The molecule has 0 aliphatic carbocycles. The first-order chi connectivity index (χ1) is 9.70. The number of carbonyl (C=O) groups excluding carboxylic acids is 1. The summed E-state index contributed by atoms with van der Waals surface area (Å²) in [7, 11) is -4.19. The van der Waals surface area contributed by atoms with E-state index in [2.05, 4.69) is 31.9 Å². The second kappa shape index (κ2) is 6.23. The minimum absolute atomic E-state index is 0.193. The Kier molecular flexibility index (Phi) is 4.96. The molecule has 1 aromatic carbocycles. The molecule has 0 saturated heterocycles. The Morgan fingerprint density at radius 2 is 1.86 bits per heavy atom. The van der Waals surface area contributed by atoms with Crippen molar-refractivity contribution in [1.82, 2.24) is 0 Å². The summed E-state index contributed by atoms with van der Waals surface area (Å²) in [5, 5.41) is 0. The van der Waals surface area contributed by atoms with Gasteiger partial charge >= 0.3 is 0 Å². The van der Waals surface area contributed by atoms with Gasteiger partial charge in [0.1, 0.15) is 22.3 Å². The van der Waals surface area contributed by atoms with E-state index in [9.17, 15) is 22.0 Å². The Morgan fingerprint density at radius 3 is 2.38 bits per heavy atom. The lowest BCUT2D eigenvalue weighted by atomic mass is 10.2. The summed E-state index contributed by atoms with van der Waals surface area (Å²) in [6.45, 7) is 0. The van der Waals surface area contributed by atoms with Gasteiger partial charge in [-0.2, -0.15) is 0 Å². The lowest BCUT2D eigenvalue weighted by Gasteiger charge is -2.05. The zero-order valence-electron chi connectivity index (χ0n) is 10.1. The molecule has 0 N–H and O–H groups in total. The van der Waals surface area contributed by atoms with E-state index in [1.165, 1.54) is 17.4 Å². The lowest BCUT2D eigenvalue weighted by molar-refractivity contribution is 0.102. The number of hydrogen-bond donors (Lipinski definition) is 0. The molecule has 112 valence electrons. The van der Waals surface area contributed by atoms with E-state index in [4.69, 9.17) is 0 Å². The highest BCUT2D eigenvalue weighted by Gasteiger charge is 2.25. The van der Waals surface area contributed by atoms with E-state index in [1.807, 2.05) is 0 Å². The van der Waals surface area contributed by atoms with Crippen molar-refractivity contribution in [3.8, 4) is 0 Å². The Balaban J connectivity index is 2.33. The van der Waals surface area contributed by atoms with Crippen molar-refractivity contribution in [1.29, 1.82) is 0 Å². The van der Waals surface area contributed by atoms with E-state index in [-0.39, 0.29) is 5.56 Å². The van der Waals surface area contributed by atoms with Crippen LogP contribution in [0.25, 0.3) is 0 Å². The first kappa shape index (κ1) is 16.7. The van der Waals surface area contributed by atoms with Crippen LogP contribution in [0.15, 0.2) is 36.7 Å². The quantitative estimate of drug-likeness (QED) is 0.508. The fraction of sp³-hybridized carbons (Fsp3) is 0.0833. The first-order valence-corrected chi connectivity index (χ1v) is 9.42. The molecule has 0 atom stereocenters. The molecule has 0 unspecified atom stereocenters. The monoisotopic (exact) mass is 458 g/mol. The molecular weight excluding hydrogens is 454 g/mol. The minimum Gasteiger partial charge on any atom is -0.293 e. The Morgan fingerprint density at radius 1 is 1.19 bits per heavy atom. The molecule has 0 spiro atoms. The largest absolute Gasteiger partial charge is 0.293 e. The second-order valence-corrected chi connectivity index (χ2v) is 9.70. The van der Waals surface area contributed by atoms with Crippen molar-refractivity contribution in [3.63, 3.8) is 0 Å². The SMILES string of the molecule is O=C(CS(=O)(=O)c1ccc(F)cc1F)c1cc(Br)sc1Br. The molecule has 2 rings (SSSR count). The summed E-state index contributed by atoms with van der Waals surface area (Å²) in [5.41, 5.74) is 0.193. The van der Waals surface area contributed by atoms with Crippen LogP contribution in [0.5, 0.6) is 0 Å². The fourth-order valence-electron chi connectivity index (χ4n) is 1.59. The maximum atomic E-state index is 13.5. The molecule has 21 heavy (non-hydrogen) atoms. The van der Waals surface area contributed by atoms with Crippen LogP contribution in [0.3, 0.4) is 0 Å². The van der Waals surface area contributed by atoms with E-state index >= 15 is 0 Å². The number of thiophene rings is 1. The Bertz CT molecular complexity index is 816. The maximum absolute atomic E-state index is 13.5. The maximum Gasteiger partial charge on any atom is 0.188 e. The van der Waals surface area contributed by atoms with Gasteiger partial charge in [0.15, 0.2) is 15.6 Å². The third-order valence-corrected chi connectivity index (χ3v) is 6.49. The Labute approximate surface area is 140 Å². The lowest BCUT2D eigenvalue weighted by Crippen LogP contribution is -2.17. The fourth-order valence-corrected chi connectivity index (χ4v) is 5.73. The smallest absolute Gasteiger partial charge is 0.188 e. The van der Waals surface area contributed by atoms with Crippen molar-refractivity contribution in [2.75, 3.05) is 5.75 Å². The van der Waals surface area contributed by atoms with Gasteiger partial charge in [-0.1, -0.05) is 0 Å². The molecule has 0 bridgehead atoms. The summed E-state index contributed by atoms with van der Waals surface area (Å²) in [6.07, 6.45) is 0. The number of rotatable bonds is 4. The topological polar surface area (TPSA) is 51.2 Å². The van der Waals surface area contributed by atoms with E-state index in [0.29, 0.717) is 13.6 Å². The third-order valence-electron chi connectivity index (χ3n) is 2.51. The predicted octanol–water partition coefficient (Wildman–Crippen LogP) is 4.21. The average molecular weight is 460 g/mol. The molecule has 0 radical (unpaired) electrons. The van der Waals surface area contributed by atoms with Crippen molar-refractivity contribution >= 4 is 58.8 Å². The number of sulfone groups is 1. The number of ketones is 1. The first-order valence-electron chi connectivity index (χ1n) is 5.36. The number of benzene rings is 1. The van der Waals surface area contributed by atoms with Crippen LogP contribution < -0.4 is 0 Å². The standard InChI is InChI=1S/C12H6Br2F2O3S2/c13-11-4-7(12(14)20-11)9(17)5-21(18,19)10-2-1-6(15)3-8(10)16/h1-4H,5H2. The summed E-state index contributed by atoms with van der Waals surface area (Å²) < 4.78 is 51.6. The Hall–Kier alpha value is -0.640. The molecule has 0 aliphatic rings. The molecule has 1 heterocycles. The van der Waals surface area contributed by atoms with Gasteiger partial charge in [-0.3, -0.25) is 4.79 Å². The van der Waals surface area contributed by atoms with Crippen LogP contribution in [0.2, 0.25) is 0 Å². The van der Waals surface area contributed by atoms with Gasteiger partial charge in [0.25, 0.3) is 0 Å². The van der Waals surface area contributed by atoms with Crippen molar-refractivity contribution in [2.45, 2.75) is 4.90 Å². The van der Waals surface area contributed by atoms with E-state index < -0.39 is 37.9 Å². The molecule has 2 aromatic rings. The van der Waals surface area contributed by atoms with Gasteiger partial charge < -0.3 is 0 Å². The van der Waals surface area contributed by atoms with Gasteiger partial charge in [0.2, 0.25) is 0 Å². The predicted molar refractivity (Wildman–Crippen MR) is 82.5 cm³/mol.